The minimum atomic E-state index is 0.721. The number of nitrogens with zero attached hydrogens (tertiary/aromatic N) is 5. The van der Waals surface area contributed by atoms with Gasteiger partial charge in [0.2, 0.25) is 0 Å². The molecule has 0 N–H and O–H groups in total. The molecule has 5 heteroatoms. The highest BCUT2D eigenvalue weighted by Gasteiger charge is 2.07. The number of rotatable bonds is 2. The molecule has 0 aliphatic heterocycles. The lowest BCUT2D eigenvalue weighted by molar-refractivity contribution is 0.921. The molecule has 3 rings (SSSR count). The van der Waals surface area contributed by atoms with E-state index >= 15 is 0 Å². The first kappa shape index (κ1) is 15.8. The first-order chi connectivity index (χ1) is 11.5. The van der Waals surface area contributed by atoms with Gasteiger partial charge in [0.1, 0.15) is 23.2 Å². The second-order valence-electron chi connectivity index (χ2n) is 5.73. The van der Waals surface area contributed by atoms with Crippen molar-refractivity contribution in [1.82, 2.24) is 19.5 Å². The largest absolute Gasteiger partial charge is 0.363 e. The molecule has 0 spiro atoms. The minimum absolute atomic E-state index is 0.721. The Morgan fingerprint density at radius 2 is 1.88 bits per heavy atom. The molecule has 0 bridgehead atoms. The number of aryl methyl sites for hydroxylation is 2. The molecular weight excluding hydrogens is 298 g/mol. The van der Waals surface area contributed by atoms with Gasteiger partial charge in [0.25, 0.3) is 0 Å². The van der Waals surface area contributed by atoms with Gasteiger partial charge < -0.3 is 4.90 Å². The zero-order chi connectivity index (χ0) is 17.1. The van der Waals surface area contributed by atoms with E-state index in [4.69, 9.17) is 0 Å². The van der Waals surface area contributed by atoms with Crippen LogP contribution in [-0.4, -0.2) is 33.6 Å². The summed E-state index contributed by atoms with van der Waals surface area (Å²) in [7, 11) is 3.95. The summed E-state index contributed by atoms with van der Waals surface area (Å²) in [6, 6.07) is 9.78. The van der Waals surface area contributed by atoms with Crippen LogP contribution in [0.1, 0.15) is 22.8 Å². The van der Waals surface area contributed by atoms with E-state index < -0.39 is 0 Å². The van der Waals surface area contributed by atoms with E-state index in [2.05, 4.69) is 26.8 Å². The maximum atomic E-state index is 4.64. The van der Waals surface area contributed by atoms with Gasteiger partial charge in [-0.1, -0.05) is 12.0 Å². The summed E-state index contributed by atoms with van der Waals surface area (Å²) in [5.74, 6) is 8.83. The van der Waals surface area contributed by atoms with Crippen LogP contribution < -0.4 is 4.90 Å². The fraction of sp³-hybridized carbons (Fsp3) is 0.211. The summed E-state index contributed by atoms with van der Waals surface area (Å²) in [6.07, 6.45) is 3.68. The molecule has 120 valence electrons. The number of imidazole rings is 1. The van der Waals surface area contributed by atoms with Crippen molar-refractivity contribution in [1.29, 1.82) is 0 Å². The molecule has 0 fully saturated rings. The van der Waals surface area contributed by atoms with Crippen LogP contribution in [0.3, 0.4) is 0 Å². The van der Waals surface area contributed by atoms with Crippen LogP contribution in [0, 0.1) is 25.7 Å². The van der Waals surface area contributed by atoms with Gasteiger partial charge in [-0.2, -0.15) is 0 Å². The summed E-state index contributed by atoms with van der Waals surface area (Å²) in [5.41, 5.74) is 2.61. The zero-order valence-electron chi connectivity index (χ0n) is 14.3. The minimum Gasteiger partial charge on any atom is -0.363 e. The van der Waals surface area contributed by atoms with Crippen LogP contribution in [0.5, 0.6) is 0 Å². The van der Waals surface area contributed by atoms with Crippen molar-refractivity contribution in [2.75, 3.05) is 19.0 Å². The molecule has 0 atom stereocenters. The van der Waals surface area contributed by atoms with Crippen molar-refractivity contribution in [3.63, 3.8) is 0 Å². The highest BCUT2D eigenvalue weighted by molar-refractivity contribution is 5.44. The Hall–Kier alpha value is -3.13. The van der Waals surface area contributed by atoms with Crippen molar-refractivity contribution in [2.24, 2.45) is 0 Å². The normalized spacial score (nSPS) is 10.2. The second-order valence-corrected chi connectivity index (χ2v) is 5.73. The van der Waals surface area contributed by atoms with Crippen molar-refractivity contribution in [2.45, 2.75) is 13.8 Å². The molecular formula is C19H19N5. The Labute approximate surface area is 142 Å². The van der Waals surface area contributed by atoms with Crippen molar-refractivity contribution < 1.29 is 0 Å². The highest BCUT2D eigenvalue weighted by atomic mass is 15.2. The summed E-state index contributed by atoms with van der Waals surface area (Å²) in [4.78, 5) is 15.3. The van der Waals surface area contributed by atoms with E-state index in [-0.39, 0.29) is 0 Å². The van der Waals surface area contributed by atoms with Crippen LogP contribution in [0.15, 0.2) is 42.7 Å². The van der Waals surface area contributed by atoms with E-state index in [1.807, 2.05) is 73.9 Å². The number of hydrogen-bond acceptors (Lipinski definition) is 4. The van der Waals surface area contributed by atoms with Gasteiger partial charge in [-0.3, -0.25) is 9.55 Å². The Bertz CT molecular complexity index is 928. The fourth-order valence-corrected chi connectivity index (χ4v) is 2.32. The van der Waals surface area contributed by atoms with E-state index in [0.29, 0.717) is 0 Å². The molecule has 0 saturated carbocycles. The molecule has 0 aliphatic rings. The summed E-state index contributed by atoms with van der Waals surface area (Å²) in [5, 5.41) is 0. The van der Waals surface area contributed by atoms with Crippen molar-refractivity contribution in [3.8, 4) is 17.7 Å². The molecule has 0 aliphatic carbocycles. The molecule has 0 radical (unpaired) electrons. The van der Waals surface area contributed by atoms with Crippen LogP contribution >= 0.6 is 0 Å². The van der Waals surface area contributed by atoms with E-state index in [1.165, 1.54) is 0 Å². The summed E-state index contributed by atoms with van der Waals surface area (Å²) >= 11 is 0. The molecule has 0 unspecified atom stereocenters. The van der Waals surface area contributed by atoms with Gasteiger partial charge in [-0.15, -0.1) is 0 Å². The summed E-state index contributed by atoms with van der Waals surface area (Å²) < 4.78 is 1.95. The van der Waals surface area contributed by atoms with Crippen LogP contribution in [0.2, 0.25) is 0 Å². The van der Waals surface area contributed by atoms with Crippen LogP contribution in [0.25, 0.3) is 5.82 Å². The third kappa shape index (κ3) is 3.44. The lowest BCUT2D eigenvalue weighted by atomic mass is 10.2. The maximum Gasteiger partial charge on any atom is 0.140 e. The molecule has 24 heavy (non-hydrogen) atoms. The monoisotopic (exact) mass is 317 g/mol. The van der Waals surface area contributed by atoms with Crippen molar-refractivity contribution in [3.05, 3.63) is 65.5 Å². The van der Waals surface area contributed by atoms with Gasteiger partial charge in [0.15, 0.2) is 0 Å². The quantitative estimate of drug-likeness (QED) is 0.682. The first-order valence-corrected chi connectivity index (χ1v) is 7.68. The SMILES string of the molecule is Cc1cc(C#Cc2cn(-c3cccc(N(C)C)n3)c(C)n2)ccn1. The number of pyridine rings is 2. The average Bonchev–Trinajstić information content (AvgIpc) is 2.94. The number of hydrogen-bond donors (Lipinski definition) is 0. The first-order valence-electron chi connectivity index (χ1n) is 7.68. The Kier molecular flexibility index (Phi) is 4.30. The standard InChI is InChI=1S/C19H19N5/c1-14-12-16(10-11-20-14)8-9-17-13-24(15(2)21-17)19-7-5-6-18(22-19)23(3)4/h5-7,10-13H,1-4H3. The zero-order valence-corrected chi connectivity index (χ0v) is 14.3. The van der Waals surface area contributed by atoms with E-state index in [1.54, 1.807) is 6.20 Å². The van der Waals surface area contributed by atoms with Gasteiger partial charge in [-0.05, 0) is 44.0 Å². The van der Waals surface area contributed by atoms with Gasteiger partial charge in [0, 0.05) is 37.7 Å². The van der Waals surface area contributed by atoms with Gasteiger partial charge in [0.05, 0.1) is 0 Å². The lowest BCUT2D eigenvalue weighted by Crippen LogP contribution is -2.11. The second kappa shape index (κ2) is 6.55. The Balaban J connectivity index is 1.93. The van der Waals surface area contributed by atoms with E-state index in [0.717, 1.165) is 34.4 Å². The smallest absolute Gasteiger partial charge is 0.140 e. The molecule has 0 aromatic carbocycles. The fourth-order valence-electron chi connectivity index (χ4n) is 2.32. The molecule has 0 amide bonds. The predicted molar refractivity (Wildman–Crippen MR) is 95.4 cm³/mol. The third-order valence-electron chi connectivity index (χ3n) is 3.54. The molecule has 3 aromatic rings. The lowest BCUT2D eigenvalue weighted by Gasteiger charge is -2.12. The molecule has 3 aromatic heterocycles. The molecule has 0 saturated heterocycles. The Morgan fingerprint density at radius 1 is 1.04 bits per heavy atom. The maximum absolute atomic E-state index is 4.64. The average molecular weight is 317 g/mol. The molecule has 3 heterocycles. The summed E-state index contributed by atoms with van der Waals surface area (Å²) in [6.45, 7) is 3.90. The topological polar surface area (TPSA) is 46.8 Å². The highest BCUT2D eigenvalue weighted by Crippen LogP contribution is 2.14. The van der Waals surface area contributed by atoms with Crippen molar-refractivity contribution >= 4 is 5.82 Å². The third-order valence-corrected chi connectivity index (χ3v) is 3.54. The van der Waals surface area contributed by atoms with Gasteiger partial charge in [-0.25, -0.2) is 9.97 Å². The van der Waals surface area contributed by atoms with Crippen LogP contribution in [-0.2, 0) is 0 Å². The number of anilines is 1. The Morgan fingerprint density at radius 3 is 2.62 bits per heavy atom. The van der Waals surface area contributed by atoms with Gasteiger partial charge >= 0.3 is 0 Å². The number of aromatic nitrogens is 4. The molecule has 5 nitrogen and oxygen atoms in total. The van der Waals surface area contributed by atoms with Crippen LogP contribution in [0.4, 0.5) is 5.82 Å². The predicted octanol–water partition coefficient (Wildman–Crippen LogP) is 2.74. The van der Waals surface area contributed by atoms with E-state index in [9.17, 15) is 0 Å².